The van der Waals surface area contributed by atoms with Crippen LogP contribution in [0.1, 0.15) is 29.3 Å². The van der Waals surface area contributed by atoms with Gasteiger partial charge in [0.15, 0.2) is 5.13 Å². The molecule has 1 aromatic heterocycles. The van der Waals surface area contributed by atoms with Crippen LogP contribution in [0.15, 0.2) is 0 Å². The third-order valence-electron chi connectivity index (χ3n) is 3.42. The van der Waals surface area contributed by atoms with E-state index in [2.05, 4.69) is 10.3 Å². The van der Waals surface area contributed by atoms with Crippen molar-refractivity contribution in [3.63, 3.8) is 0 Å². The number of aliphatic carboxylic acids is 1. The number of nitrogens with zero attached hydrogens (tertiary/aromatic N) is 1. The van der Waals surface area contributed by atoms with Crippen LogP contribution in [0.5, 0.6) is 0 Å². The fourth-order valence-electron chi connectivity index (χ4n) is 2.33. The van der Waals surface area contributed by atoms with Gasteiger partial charge in [-0.2, -0.15) is 0 Å². The largest absolute Gasteiger partial charge is 0.481 e. The number of nitrogens with one attached hydrogen (secondary N) is 1. The predicted octanol–water partition coefficient (Wildman–Crippen LogP) is 1.72. The molecule has 0 saturated heterocycles. The molecule has 7 heteroatoms. The summed E-state index contributed by atoms with van der Waals surface area (Å²) in [5.41, 5.74) is 0.733. The zero-order valence-electron chi connectivity index (χ0n) is 11.7. The molecule has 0 amide bonds. The number of aryl methyl sites for hydroxylation is 1. The number of anilines is 1. The number of hydrogen-bond donors (Lipinski definition) is 2. The molecule has 0 aromatic carbocycles. The maximum Gasteiger partial charge on any atom is 0.312 e. The maximum absolute atomic E-state index is 11.2. The number of ether oxygens (including phenoxy) is 2. The molecule has 2 atom stereocenters. The van der Waals surface area contributed by atoms with E-state index in [0.717, 1.165) is 28.5 Å². The molecule has 0 aliphatic heterocycles. The van der Waals surface area contributed by atoms with E-state index in [1.807, 2.05) is 0 Å². The van der Waals surface area contributed by atoms with Crippen LogP contribution in [0.25, 0.3) is 0 Å². The van der Waals surface area contributed by atoms with E-state index in [-0.39, 0.29) is 6.10 Å². The number of methoxy groups -OCH3 is 2. The molecular formula is C13H20N2O4S. The molecule has 0 radical (unpaired) electrons. The molecular weight excluding hydrogens is 280 g/mol. The van der Waals surface area contributed by atoms with Crippen LogP contribution >= 0.6 is 11.3 Å². The SMILES string of the molecule is COCC(CNc1nc2c(s1)CCCC2C(=O)O)OC. The van der Waals surface area contributed by atoms with Crippen LogP contribution in [0.3, 0.4) is 0 Å². The minimum absolute atomic E-state index is 0.0452. The Morgan fingerprint density at radius 3 is 3.05 bits per heavy atom. The van der Waals surface area contributed by atoms with Gasteiger partial charge in [0.2, 0.25) is 0 Å². The van der Waals surface area contributed by atoms with E-state index < -0.39 is 11.9 Å². The lowest BCUT2D eigenvalue weighted by molar-refractivity contribution is -0.139. The van der Waals surface area contributed by atoms with Crippen LogP contribution in [-0.2, 0) is 20.7 Å². The molecule has 0 fully saturated rings. The number of carboxylic acids is 1. The van der Waals surface area contributed by atoms with Gasteiger partial charge in [0.1, 0.15) is 5.92 Å². The first-order valence-electron chi connectivity index (χ1n) is 6.63. The number of fused-ring (bicyclic) bond motifs is 1. The summed E-state index contributed by atoms with van der Waals surface area (Å²) in [6.07, 6.45) is 2.46. The summed E-state index contributed by atoms with van der Waals surface area (Å²) in [7, 11) is 3.27. The van der Waals surface area contributed by atoms with E-state index in [1.54, 1.807) is 25.6 Å². The van der Waals surface area contributed by atoms with Crippen LogP contribution < -0.4 is 5.32 Å². The summed E-state index contributed by atoms with van der Waals surface area (Å²) >= 11 is 1.55. The second-order valence-electron chi connectivity index (χ2n) is 4.80. The summed E-state index contributed by atoms with van der Waals surface area (Å²) < 4.78 is 10.3. The first-order chi connectivity index (χ1) is 9.65. The van der Waals surface area contributed by atoms with Gasteiger partial charge in [0, 0.05) is 25.6 Å². The first-order valence-corrected chi connectivity index (χ1v) is 7.45. The summed E-state index contributed by atoms with van der Waals surface area (Å²) in [5, 5.41) is 13.2. The number of rotatable bonds is 7. The highest BCUT2D eigenvalue weighted by atomic mass is 32.1. The second-order valence-corrected chi connectivity index (χ2v) is 5.89. The van der Waals surface area contributed by atoms with Crippen molar-refractivity contribution in [3.05, 3.63) is 10.6 Å². The monoisotopic (exact) mass is 300 g/mol. The summed E-state index contributed by atoms with van der Waals surface area (Å²) in [5.74, 6) is -1.24. The predicted molar refractivity (Wildman–Crippen MR) is 76.6 cm³/mol. The molecule has 0 bridgehead atoms. The molecule has 20 heavy (non-hydrogen) atoms. The molecule has 1 aliphatic rings. The molecule has 1 aliphatic carbocycles. The van der Waals surface area contributed by atoms with Gasteiger partial charge in [-0.25, -0.2) is 4.98 Å². The van der Waals surface area contributed by atoms with Gasteiger partial charge in [0.05, 0.1) is 18.4 Å². The standard InChI is InChI=1S/C13H20N2O4S/c1-18-7-8(19-2)6-14-13-15-11-9(12(16)17)4-3-5-10(11)20-13/h8-9H,3-7H2,1-2H3,(H,14,15)(H,16,17). The highest BCUT2D eigenvalue weighted by molar-refractivity contribution is 7.15. The molecule has 112 valence electrons. The van der Waals surface area contributed by atoms with E-state index >= 15 is 0 Å². The van der Waals surface area contributed by atoms with Crippen molar-refractivity contribution in [1.29, 1.82) is 0 Å². The third kappa shape index (κ3) is 3.47. The Morgan fingerprint density at radius 1 is 1.60 bits per heavy atom. The van der Waals surface area contributed by atoms with Gasteiger partial charge in [-0.15, -0.1) is 11.3 Å². The van der Waals surface area contributed by atoms with Crippen LogP contribution in [0, 0.1) is 0 Å². The Labute approximate surface area is 122 Å². The Bertz CT molecular complexity index is 463. The highest BCUT2D eigenvalue weighted by Crippen LogP contribution is 2.36. The molecule has 6 nitrogen and oxygen atoms in total. The average Bonchev–Trinajstić information content (AvgIpc) is 2.85. The van der Waals surface area contributed by atoms with Gasteiger partial charge in [-0.1, -0.05) is 0 Å². The summed E-state index contributed by atoms with van der Waals surface area (Å²) in [6.45, 7) is 1.10. The zero-order valence-corrected chi connectivity index (χ0v) is 12.5. The number of aromatic nitrogens is 1. The molecule has 0 spiro atoms. The van der Waals surface area contributed by atoms with Gasteiger partial charge in [0.25, 0.3) is 0 Å². The minimum atomic E-state index is -0.781. The van der Waals surface area contributed by atoms with Crippen molar-refractivity contribution < 1.29 is 19.4 Å². The van der Waals surface area contributed by atoms with Crippen LogP contribution in [0.4, 0.5) is 5.13 Å². The van der Waals surface area contributed by atoms with Crippen molar-refractivity contribution in [1.82, 2.24) is 4.98 Å². The fourth-order valence-corrected chi connectivity index (χ4v) is 3.40. The van der Waals surface area contributed by atoms with E-state index in [1.165, 1.54) is 0 Å². The molecule has 2 unspecified atom stereocenters. The Kier molecular flexibility index (Phi) is 5.33. The minimum Gasteiger partial charge on any atom is -0.481 e. The van der Waals surface area contributed by atoms with Gasteiger partial charge >= 0.3 is 5.97 Å². The van der Waals surface area contributed by atoms with Crippen molar-refractivity contribution in [3.8, 4) is 0 Å². The Morgan fingerprint density at radius 2 is 2.40 bits per heavy atom. The van der Waals surface area contributed by atoms with E-state index in [9.17, 15) is 9.90 Å². The number of carbonyl (C=O) groups is 1. The van der Waals surface area contributed by atoms with Crippen LogP contribution in [-0.4, -0.2) is 49.5 Å². The van der Waals surface area contributed by atoms with Crippen molar-refractivity contribution in [2.75, 3.05) is 32.7 Å². The smallest absolute Gasteiger partial charge is 0.312 e. The van der Waals surface area contributed by atoms with Crippen molar-refractivity contribution in [2.45, 2.75) is 31.3 Å². The number of carboxylic acid groups (broad SMARTS) is 1. The molecule has 2 rings (SSSR count). The van der Waals surface area contributed by atoms with Gasteiger partial charge < -0.3 is 19.9 Å². The Hall–Kier alpha value is -1.18. The number of thiazole rings is 1. The molecule has 1 aromatic rings. The number of hydrogen-bond acceptors (Lipinski definition) is 6. The van der Waals surface area contributed by atoms with Crippen LogP contribution in [0.2, 0.25) is 0 Å². The molecule has 0 saturated carbocycles. The van der Waals surface area contributed by atoms with Gasteiger partial charge in [-0.05, 0) is 19.3 Å². The van der Waals surface area contributed by atoms with E-state index in [0.29, 0.717) is 19.6 Å². The first kappa shape index (κ1) is 15.2. The normalized spacial score (nSPS) is 19.4. The topological polar surface area (TPSA) is 80.7 Å². The lowest BCUT2D eigenvalue weighted by Crippen LogP contribution is -2.26. The zero-order chi connectivity index (χ0) is 14.5. The molecule has 1 heterocycles. The lowest BCUT2D eigenvalue weighted by atomic mass is 9.91. The lowest BCUT2D eigenvalue weighted by Gasteiger charge is -2.16. The molecule has 2 N–H and O–H groups in total. The fraction of sp³-hybridized carbons (Fsp3) is 0.692. The van der Waals surface area contributed by atoms with Crippen molar-refractivity contribution in [2.24, 2.45) is 0 Å². The third-order valence-corrected chi connectivity index (χ3v) is 4.51. The Balaban J connectivity index is 2.02. The maximum atomic E-state index is 11.2. The average molecular weight is 300 g/mol. The quantitative estimate of drug-likeness (QED) is 0.798. The van der Waals surface area contributed by atoms with Crippen molar-refractivity contribution >= 4 is 22.4 Å². The van der Waals surface area contributed by atoms with E-state index in [4.69, 9.17) is 9.47 Å². The summed E-state index contributed by atoms with van der Waals surface area (Å²) in [4.78, 5) is 16.8. The van der Waals surface area contributed by atoms with Gasteiger partial charge in [-0.3, -0.25) is 4.79 Å². The highest BCUT2D eigenvalue weighted by Gasteiger charge is 2.30. The summed E-state index contributed by atoms with van der Waals surface area (Å²) in [6, 6.07) is 0. The second kappa shape index (κ2) is 7.01.